The first-order valence-corrected chi connectivity index (χ1v) is 9.52. The van der Waals surface area contributed by atoms with Crippen LogP contribution in [0.4, 0.5) is 5.82 Å². The van der Waals surface area contributed by atoms with E-state index >= 15 is 0 Å². The predicted molar refractivity (Wildman–Crippen MR) is 109 cm³/mol. The number of hydrogen-bond acceptors (Lipinski definition) is 4. The van der Waals surface area contributed by atoms with Crippen molar-refractivity contribution in [3.63, 3.8) is 0 Å². The van der Waals surface area contributed by atoms with Gasteiger partial charge >= 0.3 is 0 Å². The minimum Gasteiger partial charge on any atom is -0.357 e. The monoisotopic (exact) mass is 374 g/mol. The number of hydrogen-bond donors (Lipinski definition) is 2. The zero-order chi connectivity index (χ0) is 19.3. The minimum absolute atomic E-state index is 0.183. The number of anilines is 1. The second-order valence-electron chi connectivity index (χ2n) is 7.51. The van der Waals surface area contributed by atoms with E-state index in [1.807, 2.05) is 35.9 Å². The number of amides is 1. The van der Waals surface area contributed by atoms with Crippen LogP contribution in [0.15, 0.2) is 43.0 Å². The van der Waals surface area contributed by atoms with Crippen LogP contribution in [0.1, 0.15) is 40.6 Å². The van der Waals surface area contributed by atoms with E-state index in [2.05, 4.69) is 38.3 Å². The molecule has 1 saturated heterocycles. The maximum atomic E-state index is 12.7. The standard InChI is InChI=1S/C21H22N6O/c1-13-19-9-14(5-7-27(19)12-23-13)21(28)25-20-10-16-15(11-22-20)8-17(24-16)18-4-3-6-26(18)2/h5,7-12,18,24H,3-4,6H2,1-2H3,(H,22,25,28)/t18-/m1/s1. The van der Waals surface area contributed by atoms with E-state index in [4.69, 9.17) is 0 Å². The van der Waals surface area contributed by atoms with Crippen LogP contribution in [0.2, 0.25) is 0 Å². The van der Waals surface area contributed by atoms with Crippen molar-refractivity contribution in [1.82, 2.24) is 24.3 Å². The Morgan fingerprint density at radius 1 is 1.29 bits per heavy atom. The molecule has 7 nitrogen and oxygen atoms in total. The summed E-state index contributed by atoms with van der Waals surface area (Å²) in [5, 5.41) is 3.96. The molecule has 4 aromatic heterocycles. The average molecular weight is 374 g/mol. The van der Waals surface area contributed by atoms with Crippen LogP contribution in [-0.4, -0.2) is 43.8 Å². The minimum atomic E-state index is -0.183. The maximum Gasteiger partial charge on any atom is 0.256 e. The van der Waals surface area contributed by atoms with Gasteiger partial charge in [0.25, 0.3) is 5.91 Å². The van der Waals surface area contributed by atoms with Gasteiger partial charge in [-0.25, -0.2) is 9.97 Å². The summed E-state index contributed by atoms with van der Waals surface area (Å²) < 4.78 is 1.90. The fourth-order valence-electron chi connectivity index (χ4n) is 4.05. The lowest BCUT2D eigenvalue weighted by molar-refractivity contribution is 0.102. The Kier molecular flexibility index (Phi) is 3.91. The lowest BCUT2D eigenvalue weighted by atomic mass is 10.1. The molecule has 2 N–H and O–H groups in total. The molecule has 0 aromatic carbocycles. The van der Waals surface area contributed by atoms with Crippen molar-refractivity contribution in [3.8, 4) is 0 Å². The van der Waals surface area contributed by atoms with E-state index in [0.29, 0.717) is 17.4 Å². The van der Waals surface area contributed by atoms with Gasteiger partial charge in [0, 0.05) is 41.1 Å². The van der Waals surface area contributed by atoms with Gasteiger partial charge in [-0.3, -0.25) is 9.69 Å². The SMILES string of the molecule is Cc1ncn2ccc(C(=O)Nc3cc4[nH]c([C@H]5CCCN5C)cc4cn3)cc12. The summed E-state index contributed by atoms with van der Waals surface area (Å²) in [5.74, 6) is 0.355. The van der Waals surface area contributed by atoms with Crippen LogP contribution < -0.4 is 5.32 Å². The first-order valence-electron chi connectivity index (χ1n) is 9.52. The van der Waals surface area contributed by atoms with Gasteiger partial charge in [-0.2, -0.15) is 0 Å². The van der Waals surface area contributed by atoms with Crippen molar-refractivity contribution >= 4 is 28.1 Å². The second-order valence-corrected chi connectivity index (χ2v) is 7.51. The number of imidazole rings is 1. The number of pyridine rings is 2. The summed E-state index contributed by atoms with van der Waals surface area (Å²) in [6.07, 6.45) is 7.78. The molecule has 0 spiro atoms. The number of nitrogens with zero attached hydrogens (tertiary/aromatic N) is 4. The van der Waals surface area contributed by atoms with E-state index < -0.39 is 0 Å². The number of carbonyl (C=O) groups excluding carboxylic acids is 1. The number of H-pyrrole nitrogens is 1. The Hall–Kier alpha value is -3.19. The molecule has 1 amide bonds. The molecule has 0 unspecified atom stereocenters. The number of aryl methyl sites for hydroxylation is 1. The lowest BCUT2D eigenvalue weighted by Gasteiger charge is -2.17. The molecule has 142 valence electrons. The maximum absolute atomic E-state index is 12.7. The zero-order valence-corrected chi connectivity index (χ0v) is 15.9. The summed E-state index contributed by atoms with van der Waals surface area (Å²) in [7, 11) is 2.16. The molecule has 28 heavy (non-hydrogen) atoms. The van der Waals surface area contributed by atoms with Gasteiger partial charge in [0.05, 0.1) is 23.1 Å². The van der Waals surface area contributed by atoms with Gasteiger partial charge < -0.3 is 14.7 Å². The van der Waals surface area contributed by atoms with Crippen molar-refractivity contribution in [1.29, 1.82) is 0 Å². The number of carbonyl (C=O) groups is 1. The Labute approximate surface area is 162 Å². The molecule has 0 radical (unpaired) electrons. The van der Waals surface area contributed by atoms with Crippen molar-refractivity contribution < 1.29 is 4.79 Å². The van der Waals surface area contributed by atoms with Crippen molar-refractivity contribution in [2.24, 2.45) is 0 Å². The lowest BCUT2D eigenvalue weighted by Crippen LogP contribution is -2.17. The molecule has 1 atom stereocenters. The molecule has 0 bridgehead atoms. The summed E-state index contributed by atoms with van der Waals surface area (Å²) in [4.78, 5) is 27.2. The number of rotatable bonds is 3. The quantitative estimate of drug-likeness (QED) is 0.575. The first kappa shape index (κ1) is 16.9. The molecule has 0 aliphatic carbocycles. The molecule has 1 aliphatic heterocycles. The van der Waals surface area contributed by atoms with E-state index in [0.717, 1.165) is 35.1 Å². The molecule has 1 aliphatic rings. The molecule has 5 heterocycles. The largest absolute Gasteiger partial charge is 0.357 e. The Morgan fingerprint density at radius 2 is 2.18 bits per heavy atom. The van der Waals surface area contributed by atoms with Gasteiger partial charge in [0.1, 0.15) is 5.82 Å². The highest BCUT2D eigenvalue weighted by atomic mass is 16.1. The molecular weight excluding hydrogens is 352 g/mol. The molecular formula is C21H22N6O. The number of aromatic amines is 1. The summed E-state index contributed by atoms with van der Waals surface area (Å²) in [5.41, 5.74) is 4.60. The van der Waals surface area contributed by atoms with Crippen LogP contribution in [-0.2, 0) is 0 Å². The third kappa shape index (κ3) is 2.84. The molecule has 5 rings (SSSR count). The topological polar surface area (TPSA) is 78.3 Å². The fourth-order valence-corrected chi connectivity index (χ4v) is 4.05. The first-order chi connectivity index (χ1) is 13.6. The fraction of sp³-hybridized carbons (Fsp3) is 0.286. The van der Waals surface area contributed by atoms with Gasteiger partial charge in [-0.15, -0.1) is 0 Å². The molecule has 7 heteroatoms. The normalized spacial score (nSPS) is 17.6. The summed E-state index contributed by atoms with van der Waals surface area (Å²) in [6, 6.07) is 8.12. The number of fused-ring (bicyclic) bond motifs is 2. The highest BCUT2D eigenvalue weighted by Crippen LogP contribution is 2.32. The van der Waals surface area contributed by atoms with Gasteiger partial charge in [0.15, 0.2) is 0 Å². The van der Waals surface area contributed by atoms with Crippen LogP contribution in [0, 0.1) is 6.92 Å². The van der Waals surface area contributed by atoms with Crippen molar-refractivity contribution in [2.75, 3.05) is 18.9 Å². The average Bonchev–Trinajstić information content (AvgIpc) is 3.39. The van der Waals surface area contributed by atoms with Crippen LogP contribution >= 0.6 is 0 Å². The van der Waals surface area contributed by atoms with Crippen LogP contribution in [0.3, 0.4) is 0 Å². The van der Waals surface area contributed by atoms with E-state index in [9.17, 15) is 4.79 Å². The smallest absolute Gasteiger partial charge is 0.256 e. The second kappa shape index (κ2) is 6.45. The molecule has 0 saturated carbocycles. The summed E-state index contributed by atoms with van der Waals surface area (Å²) in [6.45, 7) is 3.05. The Balaban J connectivity index is 1.40. The van der Waals surface area contributed by atoms with E-state index in [-0.39, 0.29) is 5.91 Å². The third-order valence-electron chi connectivity index (χ3n) is 5.64. The van der Waals surface area contributed by atoms with Crippen molar-refractivity contribution in [2.45, 2.75) is 25.8 Å². The van der Waals surface area contributed by atoms with E-state index in [1.165, 1.54) is 12.1 Å². The van der Waals surface area contributed by atoms with Gasteiger partial charge in [-0.1, -0.05) is 0 Å². The molecule has 4 aromatic rings. The summed E-state index contributed by atoms with van der Waals surface area (Å²) >= 11 is 0. The number of nitrogens with one attached hydrogen (secondary N) is 2. The van der Waals surface area contributed by atoms with Crippen molar-refractivity contribution in [3.05, 3.63) is 59.9 Å². The number of aromatic nitrogens is 4. The van der Waals surface area contributed by atoms with Crippen LogP contribution in [0.5, 0.6) is 0 Å². The number of likely N-dealkylation sites (tertiary alicyclic amines) is 1. The molecule has 1 fully saturated rings. The van der Waals surface area contributed by atoms with Gasteiger partial charge in [-0.05, 0) is 51.6 Å². The highest BCUT2D eigenvalue weighted by molar-refractivity contribution is 6.05. The Morgan fingerprint density at radius 3 is 3.00 bits per heavy atom. The van der Waals surface area contributed by atoms with E-state index in [1.54, 1.807) is 12.4 Å². The third-order valence-corrected chi connectivity index (χ3v) is 5.64. The van der Waals surface area contributed by atoms with Crippen LogP contribution in [0.25, 0.3) is 16.4 Å². The predicted octanol–water partition coefficient (Wildman–Crippen LogP) is 3.54. The highest BCUT2D eigenvalue weighted by Gasteiger charge is 2.24. The Bertz CT molecular complexity index is 1190. The van der Waals surface area contributed by atoms with Gasteiger partial charge in [0.2, 0.25) is 0 Å². The zero-order valence-electron chi connectivity index (χ0n) is 15.9.